The Balaban J connectivity index is 2.05. The van der Waals surface area contributed by atoms with Crippen molar-refractivity contribution < 1.29 is 0 Å². The number of nitrogens with zero attached hydrogens (tertiary/aromatic N) is 2. The van der Waals surface area contributed by atoms with Gasteiger partial charge in [-0.25, -0.2) is 4.98 Å². The van der Waals surface area contributed by atoms with Crippen molar-refractivity contribution in [2.75, 3.05) is 11.9 Å². The molecule has 0 spiro atoms. The second kappa shape index (κ2) is 5.09. The third-order valence-corrected chi connectivity index (χ3v) is 3.17. The minimum atomic E-state index is 0.543. The quantitative estimate of drug-likeness (QED) is 0.880. The van der Waals surface area contributed by atoms with Crippen LogP contribution < -0.4 is 10.6 Å². The maximum absolute atomic E-state index is 5.53. The molecule has 2 aromatic heterocycles. The summed E-state index contributed by atoms with van der Waals surface area (Å²) in [4.78, 5) is 6.51. The second-order valence-corrected chi connectivity index (χ2v) is 4.50. The van der Waals surface area contributed by atoms with Crippen molar-refractivity contribution in [2.45, 2.75) is 13.1 Å². The Hall–Kier alpha value is -1.39. The number of rotatable bonds is 4. The van der Waals surface area contributed by atoms with Gasteiger partial charge in [0.2, 0.25) is 0 Å². The average molecular weight is 233 g/mol. The fourth-order valence-corrected chi connectivity index (χ4v) is 2.16. The topological polar surface area (TPSA) is 42.1 Å². The molecule has 0 aromatic carbocycles. The number of nitrogens with two attached hydrogens (primary N) is 1. The van der Waals surface area contributed by atoms with E-state index in [2.05, 4.69) is 26.7 Å². The Morgan fingerprint density at radius 1 is 1.31 bits per heavy atom. The highest BCUT2D eigenvalue weighted by atomic mass is 32.1. The highest BCUT2D eigenvalue weighted by Crippen LogP contribution is 2.14. The van der Waals surface area contributed by atoms with Gasteiger partial charge in [0.15, 0.2) is 0 Å². The number of anilines is 1. The van der Waals surface area contributed by atoms with Crippen LogP contribution in [0.15, 0.2) is 35.2 Å². The van der Waals surface area contributed by atoms with Gasteiger partial charge in [0.05, 0.1) is 0 Å². The molecule has 0 aliphatic heterocycles. The average Bonchev–Trinajstić information content (AvgIpc) is 2.82. The van der Waals surface area contributed by atoms with Crippen LogP contribution in [0.1, 0.15) is 11.1 Å². The molecular weight excluding hydrogens is 218 g/mol. The summed E-state index contributed by atoms with van der Waals surface area (Å²) in [5, 5.41) is 4.25. The standard InChI is InChI=1S/C12H15N3S/c1-15(8-11-4-5-16-9-11)12-3-2-10(6-13)7-14-12/h2-5,7,9H,6,8,13H2,1H3. The van der Waals surface area contributed by atoms with Gasteiger partial charge in [-0.1, -0.05) is 6.07 Å². The first kappa shape index (κ1) is 11.1. The minimum absolute atomic E-state index is 0.543. The Labute approximate surface area is 99.5 Å². The molecule has 16 heavy (non-hydrogen) atoms. The lowest BCUT2D eigenvalue weighted by Crippen LogP contribution is -2.17. The molecule has 3 nitrogen and oxygen atoms in total. The van der Waals surface area contributed by atoms with Crippen molar-refractivity contribution in [1.29, 1.82) is 0 Å². The van der Waals surface area contributed by atoms with Gasteiger partial charge >= 0.3 is 0 Å². The van der Waals surface area contributed by atoms with Crippen molar-refractivity contribution in [2.24, 2.45) is 5.73 Å². The molecule has 2 heterocycles. The van der Waals surface area contributed by atoms with Crippen molar-refractivity contribution >= 4 is 17.2 Å². The van der Waals surface area contributed by atoms with Crippen molar-refractivity contribution in [3.63, 3.8) is 0 Å². The van der Waals surface area contributed by atoms with Crippen LogP contribution in [0.4, 0.5) is 5.82 Å². The molecule has 0 amide bonds. The van der Waals surface area contributed by atoms with Crippen LogP contribution in [-0.2, 0) is 13.1 Å². The minimum Gasteiger partial charge on any atom is -0.355 e. The van der Waals surface area contributed by atoms with E-state index >= 15 is 0 Å². The summed E-state index contributed by atoms with van der Waals surface area (Å²) in [6, 6.07) is 6.16. The van der Waals surface area contributed by atoms with Crippen LogP contribution in [0.3, 0.4) is 0 Å². The normalized spacial score (nSPS) is 10.4. The van der Waals surface area contributed by atoms with Crippen LogP contribution in [0, 0.1) is 0 Å². The molecule has 0 bridgehead atoms. The third kappa shape index (κ3) is 2.59. The highest BCUT2D eigenvalue weighted by Gasteiger charge is 2.03. The number of thiophene rings is 1. The summed E-state index contributed by atoms with van der Waals surface area (Å²) < 4.78 is 0. The van der Waals surface area contributed by atoms with Gasteiger partial charge in [-0.05, 0) is 34.0 Å². The van der Waals surface area contributed by atoms with Gasteiger partial charge in [-0.2, -0.15) is 11.3 Å². The maximum Gasteiger partial charge on any atom is 0.128 e. The number of pyridine rings is 1. The smallest absolute Gasteiger partial charge is 0.128 e. The molecule has 0 unspecified atom stereocenters. The molecule has 0 radical (unpaired) electrons. The van der Waals surface area contributed by atoms with Gasteiger partial charge in [0.1, 0.15) is 5.82 Å². The third-order valence-electron chi connectivity index (χ3n) is 2.44. The first-order chi connectivity index (χ1) is 7.79. The van der Waals surface area contributed by atoms with Gasteiger partial charge in [-0.3, -0.25) is 0 Å². The summed E-state index contributed by atoms with van der Waals surface area (Å²) in [5.41, 5.74) is 7.91. The molecule has 2 N–H and O–H groups in total. The largest absolute Gasteiger partial charge is 0.355 e. The highest BCUT2D eigenvalue weighted by molar-refractivity contribution is 7.07. The maximum atomic E-state index is 5.53. The molecule has 0 atom stereocenters. The van der Waals surface area contributed by atoms with E-state index in [9.17, 15) is 0 Å². The van der Waals surface area contributed by atoms with Crippen molar-refractivity contribution in [3.8, 4) is 0 Å². The zero-order valence-corrected chi connectivity index (χ0v) is 10.1. The van der Waals surface area contributed by atoms with E-state index in [4.69, 9.17) is 5.73 Å². The molecule has 0 fully saturated rings. The molecule has 0 saturated heterocycles. The van der Waals surface area contributed by atoms with Gasteiger partial charge in [0.25, 0.3) is 0 Å². The van der Waals surface area contributed by atoms with Crippen LogP contribution >= 0.6 is 11.3 Å². The van der Waals surface area contributed by atoms with E-state index < -0.39 is 0 Å². The lowest BCUT2D eigenvalue weighted by molar-refractivity contribution is 0.896. The molecule has 0 saturated carbocycles. The van der Waals surface area contributed by atoms with Gasteiger partial charge in [-0.15, -0.1) is 0 Å². The number of hydrogen-bond donors (Lipinski definition) is 1. The molecular formula is C12H15N3S. The van der Waals surface area contributed by atoms with Gasteiger partial charge in [0, 0.05) is 26.3 Å². The zero-order chi connectivity index (χ0) is 11.4. The Morgan fingerprint density at radius 2 is 2.19 bits per heavy atom. The van der Waals surface area contributed by atoms with E-state index in [-0.39, 0.29) is 0 Å². The van der Waals surface area contributed by atoms with E-state index in [1.54, 1.807) is 11.3 Å². The predicted octanol–water partition coefficient (Wildman–Crippen LogP) is 2.24. The zero-order valence-electron chi connectivity index (χ0n) is 9.26. The first-order valence-corrected chi connectivity index (χ1v) is 6.11. The predicted molar refractivity (Wildman–Crippen MR) is 68.6 cm³/mol. The lowest BCUT2D eigenvalue weighted by Gasteiger charge is -2.17. The Morgan fingerprint density at radius 3 is 2.75 bits per heavy atom. The van der Waals surface area contributed by atoms with E-state index in [1.165, 1.54) is 5.56 Å². The summed E-state index contributed by atoms with van der Waals surface area (Å²) >= 11 is 1.72. The Kier molecular flexibility index (Phi) is 3.54. The van der Waals surface area contributed by atoms with E-state index in [0.29, 0.717) is 6.54 Å². The van der Waals surface area contributed by atoms with Crippen LogP contribution in [0.5, 0.6) is 0 Å². The molecule has 0 aliphatic carbocycles. The fraction of sp³-hybridized carbons (Fsp3) is 0.250. The lowest BCUT2D eigenvalue weighted by atomic mass is 10.2. The first-order valence-electron chi connectivity index (χ1n) is 5.17. The molecule has 2 aromatic rings. The molecule has 4 heteroatoms. The summed E-state index contributed by atoms with van der Waals surface area (Å²) in [6.07, 6.45) is 1.83. The van der Waals surface area contributed by atoms with Crippen LogP contribution in [0.2, 0.25) is 0 Å². The summed E-state index contributed by atoms with van der Waals surface area (Å²) in [5.74, 6) is 0.975. The van der Waals surface area contributed by atoms with E-state index in [1.807, 2.05) is 25.4 Å². The molecule has 0 aliphatic rings. The molecule has 84 valence electrons. The number of hydrogen-bond acceptors (Lipinski definition) is 4. The van der Waals surface area contributed by atoms with Crippen molar-refractivity contribution in [1.82, 2.24) is 4.98 Å². The van der Waals surface area contributed by atoms with Crippen molar-refractivity contribution in [3.05, 3.63) is 46.3 Å². The summed E-state index contributed by atoms with van der Waals surface area (Å²) in [6.45, 7) is 1.43. The second-order valence-electron chi connectivity index (χ2n) is 3.72. The fourth-order valence-electron chi connectivity index (χ4n) is 1.50. The van der Waals surface area contributed by atoms with E-state index in [0.717, 1.165) is 17.9 Å². The van der Waals surface area contributed by atoms with Gasteiger partial charge < -0.3 is 10.6 Å². The number of aromatic nitrogens is 1. The Bertz CT molecular complexity index is 422. The molecule has 2 rings (SSSR count). The van der Waals surface area contributed by atoms with Crippen LogP contribution in [-0.4, -0.2) is 12.0 Å². The SMILES string of the molecule is CN(Cc1ccsc1)c1ccc(CN)cn1. The van der Waals surface area contributed by atoms with Crippen LogP contribution in [0.25, 0.3) is 0 Å². The summed E-state index contributed by atoms with van der Waals surface area (Å²) in [7, 11) is 2.04. The monoisotopic (exact) mass is 233 g/mol.